The number of anilines is 1. The van der Waals surface area contributed by atoms with E-state index in [0.29, 0.717) is 16.9 Å². The summed E-state index contributed by atoms with van der Waals surface area (Å²) in [5.74, 6) is -0.667. The van der Waals surface area contributed by atoms with Crippen LogP contribution in [0.15, 0.2) is 67.1 Å². The number of halogens is 1. The summed E-state index contributed by atoms with van der Waals surface area (Å²) in [6.45, 7) is 3.90. The molecule has 35 heavy (non-hydrogen) atoms. The molecule has 0 fully saturated rings. The number of hydrogen-bond acceptors (Lipinski definition) is 7. The van der Waals surface area contributed by atoms with Crippen molar-refractivity contribution in [3.63, 3.8) is 0 Å². The zero-order valence-corrected chi connectivity index (χ0v) is 19.1. The van der Waals surface area contributed by atoms with Crippen molar-refractivity contribution in [3.8, 4) is 28.1 Å². The Bertz CT molecular complexity index is 1560. The minimum absolute atomic E-state index is 0.161. The minimum Gasteiger partial charge on any atom is -0.461 e. The number of benzene rings is 2. The van der Waals surface area contributed by atoms with Gasteiger partial charge in [0.15, 0.2) is 5.69 Å². The number of esters is 1. The Morgan fingerprint density at radius 2 is 1.83 bits per heavy atom. The monoisotopic (exact) mass is 468 g/mol. The van der Waals surface area contributed by atoms with E-state index >= 15 is 0 Å². The molecule has 2 N–H and O–H groups in total. The molecule has 0 bridgehead atoms. The van der Waals surface area contributed by atoms with Gasteiger partial charge in [0.2, 0.25) is 0 Å². The lowest BCUT2D eigenvalue weighted by Crippen LogP contribution is -2.08. The van der Waals surface area contributed by atoms with E-state index in [-0.39, 0.29) is 23.9 Å². The number of nitrogen functional groups attached to an aromatic ring is 1. The number of aromatic nitrogens is 5. The molecule has 0 aliphatic heterocycles. The third-order valence-electron chi connectivity index (χ3n) is 5.61. The number of carbonyl (C=O) groups is 1. The van der Waals surface area contributed by atoms with Gasteiger partial charge in [-0.2, -0.15) is 5.10 Å². The van der Waals surface area contributed by atoms with Gasteiger partial charge >= 0.3 is 5.97 Å². The summed E-state index contributed by atoms with van der Waals surface area (Å²) in [5, 5.41) is 5.23. The minimum atomic E-state index is -0.522. The molecule has 3 aromatic heterocycles. The molecule has 5 rings (SSSR count). The van der Waals surface area contributed by atoms with E-state index in [1.165, 1.54) is 23.1 Å². The Balaban J connectivity index is 1.71. The van der Waals surface area contributed by atoms with E-state index in [2.05, 4.69) is 20.1 Å². The Hall–Kier alpha value is -4.66. The number of nitrogens with two attached hydrogens (primary N) is 1. The van der Waals surface area contributed by atoms with E-state index in [1.807, 2.05) is 31.2 Å². The molecular weight excluding hydrogens is 447 g/mol. The van der Waals surface area contributed by atoms with Gasteiger partial charge in [0.25, 0.3) is 0 Å². The van der Waals surface area contributed by atoms with Gasteiger partial charge < -0.3 is 10.5 Å². The summed E-state index contributed by atoms with van der Waals surface area (Å²) >= 11 is 0. The summed E-state index contributed by atoms with van der Waals surface area (Å²) in [6, 6.07) is 15.3. The lowest BCUT2D eigenvalue weighted by molar-refractivity contribution is 0.0519. The Kier molecular flexibility index (Phi) is 5.66. The van der Waals surface area contributed by atoms with Gasteiger partial charge in [-0.25, -0.2) is 28.8 Å². The van der Waals surface area contributed by atoms with Gasteiger partial charge in [-0.3, -0.25) is 0 Å². The van der Waals surface area contributed by atoms with Crippen LogP contribution in [0.3, 0.4) is 0 Å². The second-order valence-electron chi connectivity index (χ2n) is 7.85. The lowest BCUT2D eigenvalue weighted by Gasteiger charge is -2.15. The summed E-state index contributed by atoms with van der Waals surface area (Å²) in [7, 11) is 0. The highest BCUT2D eigenvalue weighted by atomic mass is 19.1. The van der Waals surface area contributed by atoms with Gasteiger partial charge in [-0.05, 0) is 67.9 Å². The second-order valence-corrected chi connectivity index (χ2v) is 7.85. The van der Waals surface area contributed by atoms with Crippen molar-refractivity contribution in [1.82, 2.24) is 24.7 Å². The van der Waals surface area contributed by atoms with Gasteiger partial charge in [0, 0.05) is 28.4 Å². The van der Waals surface area contributed by atoms with E-state index < -0.39 is 5.97 Å². The SMILES string of the molecule is CCOC(=O)c1ccn(-c2cc(-c3ccc4ncnc(C)c4c3)c(-c3ccc(F)cc3)nc2N)n1. The van der Waals surface area contributed by atoms with Crippen LogP contribution in [0.2, 0.25) is 0 Å². The molecule has 174 valence electrons. The molecule has 0 atom stereocenters. The van der Waals surface area contributed by atoms with Crippen LogP contribution in [-0.2, 0) is 4.74 Å². The second kappa shape index (κ2) is 8.94. The standard InChI is InChI=1S/C26H21FN6O2/c1-3-35-26(34)22-10-11-33(32-22)23-13-20(17-6-9-21-19(12-17)15(2)29-14-30-21)24(31-25(23)28)16-4-7-18(27)8-5-16/h4-14H,3H2,1-2H3,(H2,28,31). The largest absolute Gasteiger partial charge is 0.461 e. The maximum Gasteiger partial charge on any atom is 0.358 e. The molecule has 5 aromatic rings. The Morgan fingerprint density at radius 1 is 1.06 bits per heavy atom. The summed E-state index contributed by atoms with van der Waals surface area (Å²) in [4.78, 5) is 25.4. The predicted molar refractivity (Wildman–Crippen MR) is 130 cm³/mol. The van der Waals surface area contributed by atoms with Crippen LogP contribution in [0.1, 0.15) is 23.1 Å². The maximum absolute atomic E-state index is 13.6. The van der Waals surface area contributed by atoms with Crippen molar-refractivity contribution in [1.29, 1.82) is 0 Å². The van der Waals surface area contributed by atoms with Gasteiger partial charge in [0.05, 0.1) is 17.8 Å². The highest BCUT2D eigenvalue weighted by Gasteiger charge is 2.18. The van der Waals surface area contributed by atoms with Crippen LogP contribution >= 0.6 is 0 Å². The quantitative estimate of drug-likeness (QED) is 0.371. The molecule has 0 radical (unpaired) electrons. The Morgan fingerprint density at radius 3 is 2.60 bits per heavy atom. The van der Waals surface area contributed by atoms with Crippen LogP contribution < -0.4 is 5.73 Å². The Labute approximate surface area is 200 Å². The average molecular weight is 468 g/mol. The fraction of sp³-hybridized carbons (Fsp3) is 0.115. The van der Waals surface area contributed by atoms with Crippen molar-refractivity contribution in [3.05, 3.63) is 84.3 Å². The maximum atomic E-state index is 13.6. The molecule has 9 heteroatoms. The van der Waals surface area contributed by atoms with Crippen molar-refractivity contribution in [2.75, 3.05) is 12.3 Å². The first-order valence-electron chi connectivity index (χ1n) is 11.0. The number of pyridine rings is 1. The normalized spacial score (nSPS) is 11.1. The van der Waals surface area contributed by atoms with Crippen LogP contribution in [-0.4, -0.2) is 37.3 Å². The third kappa shape index (κ3) is 4.19. The lowest BCUT2D eigenvalue weighted by atomic mass is 9.97. The molecule has 0 spiro atoms. The van der Waals surface area contributed by atoms with Gasteiger partial charge in [-0.1, -0.05) is 6.07 Å². The average Bonchev–Trinajstić information content (AvgIpc) is 3.35. The smallest absolute Gasteiger partial charge is 0.358 e. The predicted octanol–water partition coefficient (Wildman–Crippen LogP) is 4.75. The zero-order valence-electron chi connectivity index (χ0n) is 19.1. The number of hydrogen-bond donors (Lipinski definition) is 1. The van der Waals surface area contributed by atoms with Crippen LogP contribution in [0.25, 0.3) is 39.0 Å². The summed E-state index contributed by atoms with van der Waals surface area (Å²) < 4.78 is 20.1. The number of rotatable bonds is 5. The zero-order chi connectivity index (χ0) is 24.5. The fourth-order valence-electron chi connectivity index (χ4n) is 3.87. The van der Waals surface area contributed by atoms with Crippen molar-refractivity contribution < 1.29 is 13.9 Å². The highest BCUT2D eigenvalue weighted by Crippen LogP contribution is 2.36. The van der Waals surface area contributed by atoms with E-state index in [1.54, 1.807) is 31.3 Å². The number of ether oxygens (including phenoxy) is 1. The topological polar surface area (TPSA) is 109 Å². The number of carbonyl (C=O) groups excluding carboxylic acids is 1. The molecule has 0 aliphatic rings. The van der Waals surface area contributed by atoms with Crippen LogP contribution in [0.4, 0.5) is 10.2 Å². The molecule has 0 aliphatic carbocycles. The molecule has 2 aromatic carbocycles. The van der Waals surface area contributed by atoms with Gasteiger partial charge in [-0.15, -0.1) is 0 Å². The van der Waals surface area contributed by atoms with Crippen molar-refractivity contribution >= 4 is 22.7 Å². The molecule has 0 amide bonds. The number of aryl methyl sites for hydroxylation is 1. The van der Waals surface area contributed by atoms with E-state index in [9.17, 15) is 9.18 Å². The van der Waals surface area contributed by atoms with Gasteiger partial charge in [0.1, 0.15) is 23.6 Å². The molecule has 0 unspecified atom stereocenters. The van der Waals surface area contributed by atoms with Crippen LogP contribution in [0.5, 0.6) is 0 Å². The fourth-order valence-corrected chi connectivity index (χ4v) is 3.87. The van der Waals surface area contributed by atoms with Crippen LogP contribution in [0, 0.1) is 12.7 Å². The van der Waals surface area contributed by atoms with Crippen molar-refractivity contribution in [2.24, 2.45) is 0 Å². The summed E-state index contributed by atoms with van der Waals surface area (Å²) in [5.41, 5.74) is 11.5. The number of fused-ring (bicyclic) bond motifs is 1. The number of nitrogens with zero attached hydrogens (tertiary/aromatic N) is 5. The third-order valence-corrected chi connectivity index (χ3v) is 5.61. The first-order valence-corrected chi connectivity index (χ1v) is 11.0. The molecule has 8 nitrogen and oxygen atoms in total. The van der Waals surface area contributed by atoms with E-state index in [0.717, 1.165) is 27.7 Å². The van der Waals surface area contributed by atoms with Crippen molar-refractivity contribution in [2.45, 2.75) is 13.8 Å². The molecule has 0 saturated carbocycles. The first-order chi connectivity index (χ1) is 16.9. The van der Waals surface area contributed by atoms with E-state index in [4.69, 9.17) is 10.5 Å². The summed E-state index contributed by atoms with van der Waals surface area (Å²) in [6.07, 6.45) is 3.16. The molecular formula is C26H21FN6O2. The molecule has 0 saturated heterocycles. The molecule has 3 heterocycles. The highest BCUT2D eigenvalue weighted by molar-refractivity contribution is 5.91. The first kappa shape index (κ1) is 22.1.